The van der Waals surface area contributed by atoms with E-state index in [9.17, 15) is 9.59 Å². The molecule has 158 valence electrons. The third-order valence-electron chi connectivity index (χ3n) is 5.71. The molecule has 1 atom stereocenters. The molecule has 0 spiro atoms. The lowest BCUT2D eigenvalue weighted by molar-refractivity contribution is -0.163. The summed E-state index contributed by atoms with van der Waals surface area (Å²) < 4.78 is 5.94. The Kier molecular flexibility index (Phi) is 6.14. The number of primary amides is 1. The molecule has 3 aromatic rings. The summed E-state index contributed by atoms with van der Waals surface area (Å²) in [6.45, 7) is 0.885. The number of morpholine rings is 1. The van der Waals surface area contributed by atoms with E-state index >= 15 is 0 Å². The highest BCUT2D eigenvalue weighted by Crippen LogP contribution is 2.27. The Labute approximate surface area is 182 Å². The fourth-order valence-electron chi connectivity index (χ4n) is 4.04. The van der Waals surface area contributed by atoms with Gasteiger partial charge in [0.25, 0.3) is 5.91 Å². The van der Waals surface area contributed by atoms with Gasteiger partial charge in [0.1, 0.15) is 0 Å². The molecule has 31 heavy (non-hydrogen) atoms. The lowest BCUT2D eigenvalue weighted by atomic mass is 9.90. The summed E-state index contributed by atoms with van der Waals surface area (Å²) in [4.78, 5) is 27.1. The number of ether oxygens (including phenoxy) is 1. The standard InChI is InChI=1S/C26H26N2O3/c27-25(30)26(18-21-10-7-13-23(16-21)22-11-5-2-6-12-22)19-28(14-15-31-26)24(29)17-20-8-3-1-4-9-20/h1-13,16H,14-15,17-19H2,(H2,27,30)/t26-/m0/s1. The maximum atomic E-state index is 12.9. The number of carbonyl (C=O) groups excluding carboxylic acids is 2. The number of hydrogen-bond acceptors (Lipinski definition) is 3. The minimum atomic E-state index is -1.24. The minimum absolute atomic E-state index is 0.0295. The van der Waals surface area contributed by atoms with E-state index in [1.807, 2.05) is 84.9 Å². The van der Waals surface area contributed by atoms with E-state index in [1.54, 1.807) is 4.90 Å². The van der Waals surface area contributed by atoms with E-state index in [-0.39, 0.29) is 19.1 Å². The molecule has 0 unspecified atom stereocenters. The van der Waals surface area contributed by atoms with Crippen molar-refractivity contribution in [2.45, 2.75) is 18.4 Å². The summed E-state index contributed by atoms with van der Waals surface area (Å²) in [6.07, 6.45) is 0.608. The molecular formula is C26H26N2O3. The number of carbonyl (C=O) groups is 2. The average molecular weight is 415 g/mol. The largest absolute Gasteiger partial charge is 0.367 e. The van der Waals surface area contributed by atoms with Crippen LogP contribution in [0.25, 0.3) is 11.1 Å². The predicted molar refractivity (Wildman–Crippen MR) is 120 cm³/mol. The summed E-state index contributed by atoms with van der Waals surface area (Å²) >= 11 is 0. The van der Waals surface area contributed by atoms with Crippen molar-refractivity contribution < 1.29 is 14.3 Å². The van der Waals surface area contributed by atoms with Crippen LogP contribution in [0, 0.1) is 0 Å². The summed E-state index contributed by atoms with van der Waals surface area (Å²) in [6, 6.07) is 27.7. The molecule has 0 saturated carbocycles. The van der Waals surface area contributed by atoms with Gasteiger partial charge in [-0.1, -0.05) is 84.9 Å². The van der Waals surface area contributed by atoms with Crippen molar-refractivity contribution in [1.82, 2.24) is 4.90 Å². The van der Waals surface area contributed by atoms with Gasteiger partial charge in [-0.3, -0.25) is 9.59 Å². The van der Waals surface area contributed by atoms with E-state index in [4.69, 9.17) is 10.5 Å². The van der Waals surface area contributed by atoms with Gasteiger partial charge < -0.3 is 15.4 Å². The molecule has 1 fully saturated rings. The Balaban J connectivity index is 1.53. The molecule has 0 radical (unpaired) electrons. The summed E-state index contributed by atoms with van der Waals surface area (Å²) in [5.74, 6) is -0.576. The molecule has 2 amide bonds. The third-order valence-corrected chi connectivity index (χ3v) is 5.71. The predicted octanol–water partition coefficient (Wildman–Crippen LogP) is 3.22. The highest BCUT2D eigenvalue weighted by atomic mass is 16.5. The van der Waals surface area contributed by atoms with Gasteiger partial charge in [-0.05, 0) is 22.3 Å². The van der Waals surface area contributed by atoms with E-state index in [0.717, 1.165) is 22.3 Å². The molecule has 2 N–H and O–H groups in total. The molecule has 0 bridgehead atoms. The topological polar surface area (TPSA) is 72.6 Å². The summed E-state index contributed by atoms with van der Waals surface area (Å²) in [5.41, 5.74) is 8.62. The average Bonchev–Trinajstić information content (AvgIpc) is 2.80. The van der Waals surface area contributed by atoms with Crippen LogP contribution in [0.2, 0.25) is 0 Å². The first-order valence-corrected chi connectivity index (χ1v) is 10.5. The van der Waals surface area contributed by atoms with Gasteiger partial charge in [0.05, 0.1) is 19.6 Å². The van der Waals surface area contributed by atoms with Gasteiger partial charge in [-0.25, -0.2) is 0 Å². The fraction of sp³-hybridized carbons (Fsp3) is 0.231. The van der Waals surface area contributed by atoms with E-state index in [1.165, 1.54) is 0 Å². The van der Waals surface area contributed by atoms with Crippen LogP contribution >= 0.6 is 0 Å². The van der Waals surface area contributed by atoms with Crippen molar-refractivity contribution in [3.05, 3.63) is 96.1 Å². The fourth-order valence-corrected chi connectivity index (χ4v) is 4.04. The van der Waals surface area contributed by atoms with Crippen molar-refractivity contribution in [3.8, 4) is 11.1 Å². The first-order chi connectivity index (χ1) is 15.1. The Hall–Kier alpha value is -3.44. The number of hydrogen-bond donors (Lipinski definition) is 1. The molecule has 1 aliphatic heterocycles. The van der Waals surface area contributed by atoms with Crippen LogP contribution in [-0.4, -0.2) is 42.0 Å². The number of nitrogens with zero attached hydrogens (tertiary/aromatic N) is 1. The Morgan fingerprint density at radius 3 is 2.23 bits per heavy atom. The second-order valence-corrected chi connectivity index (χ2v) is 7.93. The Bertz CT molecular complexity index is 1050. The first-order valence-electron chi connectivity index (χ1n) is 10.5. The second kappa shape index (κ2) is 9.14. The Morgan fingerprint density at radius 2 is 1.52 bits per heavy atom. The zero-order valence-electron chi connectivity index (χ0n) is 17.4. The van der Waals surface area contributed by atoms with Crippen molar-refractivity contribution in [1.29, 1.82) is 0 Å². The van der Waals surface area contributed by atoms with Crippen LogP contribution in [0.3, 0.4) is 0 Å². The maximum Gasteiger partial charge on any atom is 0.251 e. The number of rotatable bonds is 6. The SMILES string of the molecule is NC(=O)[C@]1(Cc2cccc(-c3ccccc3)c2)CN(C(=O)Cc2ccccc2)CCO1. The zero-order valence-corrected chi connectivity index (χ0v) is 17.4. The molecule has 0 aliphatic carbocycles. The lowest BCUT2D eigenvalue weighted by Crippen LogP contribution is -2.61. The van der Waals surface area contributed by atoms with Crippen LogP contribution in [0.4, 0.5) is 0 Å². The van der Waals surface area contributed by atoms with Gasteiger partial charge in [-0.15, -0.1) is 0 Å². The highest BCUT2D eigenvalue weighted by Gasteiger charge is 2.43. The van der Waals surface area contributed by atoms with Gasteiger partial charge in [-0.2, -0.15) is 0 Å². The van der Waals surface area contributed by atoms with E-state index in [0.29, 0.717) is 19.4 Å². The van der Waals surface area contributed by atoms with Gasteiger partial charge in [0.2, 0.25) is 5.91 Å². The molecule has 4 rings (SSSR count). The van der Waals surface area contributed by atoms with E-state index in [2.05, 4.69) is 0 Å². The quantitative estimate of drug-likeness (QED) is 0.673. The van der Waals surface area contributed by atoms with Crippen molar-refractivity contribution >= 4 is 11.8 Å². The molecular weight excluding hydrogens is 388 g/mol. The van der Waals surface area contributed by atoms with Crippen LogP contribution < -0.4 is 5.73 Å². The molecule has 5 nitrogen and oxygen atoms in total. The molecule has 1 heterocycles. The van der Waals surface area contributed by atoms with Crippen molar-refractivity contribution in [3.63, 3.8) is 0 Å². The smallest absolute Gasteiger partial charge is 0.251 e. The molecule has 3 aromatic carbocycles. The Morgan fingerprint density at radius 1 is 0.871 bits per heavy atom. The summed E-state index contributed by atoms with van der Waals surface area (Å²) in [7, 11) is 0. The van der Waals surface area contributed by atoms with Crippen LogP contribution in [-0.2, 0) is 27.2 Å². The van der Waals surface area contributed by atoms with Crippen LogP contribution in [0.1, 0.15) is 11.1 Å². The summed E-state index contributed by atoms with van der Waals surface area (Å²) in [5, 5.41) is 0. The first kappa shape index (κ1) is 20.8. The number of nitrogens with two attached hydrogens (primary N) is 1. The number of benzene rings is 3. The van der Waals surface area contributed by atoms with Gasteiger partial charge >= 0.3 is 0 Å². The second-order valence-electron chi connectivity index (χ2n) is 7.93. The lowest BCUT2D eigenvalue weighted by Gasteiger charge is -2.41. The molecule has 0 aromatic heterocycles. The molecule has 1 saturated heterocycles. The highest BCUT2D eigenvalue weighted by molar-refractivity contribution is 5.86. The monoisotopic (exact) mass is 414 g/mol. The van der Waals surface area contributed by atoms with Crippen molar-refractivity contribution in [2.75, 3.05) is 19.7 Å². The molecule has 5 heteroatoms. The zero-order chi connectivity index (χ0) is 21.7. The maximum absolute atomic E-state index is 12.9. The van der Waals surface area contributed by atoms with Gasteiger partial charge in [0.15, 0.2) is 5.60 Å². The minimum Gasteiger partial charge on any atom is -0.367 e. The van der Waals surface area contributed by atoms with E-state index < -0.39 is 11.5 Å². The van der Waals surface area contributed by atoms with Crippen LogP contribution in [0.15, 0.2) is 84.9 Å². The molecule has 1 aliphatic rings. The third kappa shape index (κ3) is 4.84. The normalized spacial score (nSPS) is 18.5. The van der Waals surface area contributed by atoms with Crippen molar-refractivity contribution in [2.24, 2.45) is 5.73 Å². The van der Waals surface area contributed by atoms with Crippen LogP contribution in [0.5, 0.6) is 0 Å². The number of amides is 2. The van der Waals surface area contributed by atoms with Gasteiger partial charge in [0, 0.05) is 13.0 Å².